The molecule has 0 N–H and O–H groups in total. The molecule has 0 amide bonds. The molecular formula is C23H28ClNO3. The van der Waals surface area contributed by atoms with Gasteiger partial charge in [0.05, 0.1) is 7.11 Å². The number of benzene rings is 2. The van der Waals surface area contributed by atoms with E-state index < -0.39 is 0 Å². The topological polar surface area (TPSA) is 30.9 Å². The number of rotatable bonds is 4. The summed E-state index contributed by atoms with van der Waals surface area (Å²) in [7, 11) is 1.74. The van der Waals surface area contributed by atoms with E-state index in [1.54, 1.807) is 7.11 Å². The van der Waals surface area contributed by atoms with Crippen LogP contribution in [0.25, 0.3) is 0 Å². The normalized spacial score (nSPS) is 29.0. The van der Waals surface area contributed by atoms with Crippen molar-refractivity contribution in [3.05, 3.63) is 65.2 Å². The van der Waals surface area contributed by atoms with Crippen LogP contribution in [0.4, 0.5) is 0 Å². The molecule has 2 fully saturated rings. The first-order chi connectivity index (χ1) is 13.3. The summed E-state index contributed by atoms with van der Waals surface area (Å²) in [6.45, 7) is 2.38. The maximum Gasteiger partial charge on any atom is 0.149 e. The molecule has 4 nitrogen and oxygen atoms in total. The van der Waals surface area contributed by atoms with Gasteiger partial charge < -0.3 is 14.2 Å². The summed E-state index contributed by atoms with van der Waals surface area (Å²) < 4.78 is 17.6. The summed E-state index contributed by atoms with van der Waals surface area (Å²) in [4.78, 5) is 2.50. The summed E-state index contributed by atoms with van der Waals surface area (Å²) in [5.41, 5.74) is 4.28. The zero-order valence-corrected chi connectivity index (χ0v) is 17.1. The highest BCUT2D eigenvalue weighted by atomic mass is 35.5. The third-order valence-electron chi connectivity index (χ3n) is 6.45. The molecule has 5 heteroatoms. The van der Waals surface area contributed by atoms with Gasteiger partial charge in [-0.1, -0.05) is 42.5 Å². The Kier molecular flexibility index (Phi) is 5.93. The van der Waals surface area contributed by atoms with Gasteiger partial charge in [0.25, 0.3) is 0 Å². The molecule has 2 aliphatic heterocycles. The highest BCUT2D eigenvalue weighted by Crippen LogP contribution is 2.43. The molecule has 0 bridgehead atoms. The quantitative estimate of drug-likeness (QED) is 0.762. The van der Waals surface area contributed by atoms with Crippen LogP contribution in [0.3, 0.4) is 0 Å². The van der Waals surface area contributed by atoms with Gasteiger partial charge in [-0.15, -0.1) is 12.4 Å². The minimum absolute atomic E-state index is 0. The molecule has 4 atom stereocenters. The molecule has 0 radical (unpaired) electrons. The van der Waals surface area contributed by atoms with Crippen molar-refractivity contribution in [3.8, 4) is 5.75 Å². The largest absolute Gasteiger partial charge is 0.496 e. The molecule has 2 heterocycles. The number of para-hydroxylation sites is 1. The van der Waals surface area contributed by atoms with Gasteiger partial charge in [-0.05, 0) is 42.4 Å². The smallest absolute Gasteiger partial charge is 0.149 e. The Morgan fingerprint density at radius 1 is 1.04 bits per heavy atom. The van der Waals surface area contributed by atoms with E-state index >= 15 is 0 Å². The monoisotopic (exact) mass is 401 g/mol. The zero-order valence-electron chi connectivity index (χ0n) is 16.3. The van der Waals surface area contributed by atoms with Crippen molar-refractivity contribution in [1.82, 2.24) is 4.90 Å². The van der Waals surface area contributed by atoms with Gasteiger partial charge in [0.15, 0.2) is 0 Å². The van der Waals surface area contributed by atoms with Crippen molar-refractivity contribution in [2.75, 3.05) is 27.0 Å². The lowest BCUT2D eigenvalue weighted by atomic mass is 9.82. The molecule has 5 rings (SSSR count). The van der Waals surface area contributed by atoms with Crippen molar-refractivity contribution in [2.24, 2.45) is 0 Å². The Balaban J connectivity index is 0.00000192. The predicted molar refractivity (Wildman–Crippen MR) is 111 cm³/mol. The number of ether oxygens (including phenoxy) is 3. The second-order valence-corrected chi connectivity index (χ2v) is 7.90. The molecule has 0 spiro atoms. The van der Waals surface area contributed by atoms with E-state index in [2.05, 4.69) is 41.3 Å². The fourth-order valence-electron chi connectivity index (χ4n) is 5.21. The van der Waals surface area contributed by atoms with Crippen LogP contribution in [0, 0.1) is 0 Å². The number of likely N-dealkylation sites (tertiary alicyclic amines) is 1. The van der Waals surface area contributed by atoms with Crippen LogP contribution >= 0.6 is 12.4 Å². The van der Waals surface area contributed by atoms with E-state index in [1.807, 2.05) is 12.1 Å². The highest BCUT2D eigenvalue weighted by molar-refractivity contribution is 5.85. The SMILES string of the molecule is COc1ccccc1C1CN(CC2CCCc3ccccc32)C2OCOC12.Cl. The van der Waals surface area contributed by atoms with E-state index in [9.17, 15) is 0 Å². The van der Waals surface area contributed by atoms with Crippen molar-refractivity contribution in [1.29, 1.82) is 0 Å². The Morgan fingerprint density at radius 3 is 2.68 bits per heavy atom. The molecule has 2 aromatic carbocycles. The average molecular weight is 402 g/mol. The first kappa shape index (κ1) is 19.7. The van der Waals surface area contributed by atoms with Gasteiger partial charge in [-0.3, -0.25) is 4.90 Å². The molecule has 0 saturated carbocycles. The number of methoxy groups -OCH3 is 1. The Hall–Kier alpha value is -1.59. The third-order valence-corrected chi connectivity index (χ3v) is 6.45. The van der Waals surface area contributed by atoms with Crippen LogP contribution in [0.2, 0.25) is 0 Å². The first-order valence-corrected chi connectivity index (χ1v) is 10.0. The Bertz CT molecular complexity index is 814. The Morgan fingerprint density at radius 2 is 1.82 bits per heavy atom. The van der Waals surface area contributed by atoms with Crippen LogP contribution in [0.15, 0.2) is 48.5 Å². The minimum atomic E-state index is 0. The summed E-state index contributed by atoms with van der Waals surface area (Å²) in [5.74, 6) is 1.81. The fraction of sp³-hybridized carbons (Fsp3) is 0.478. The van der Waals surface area contributed by atoms with E-state index in [0.717, 1.165) is 18.8 Å². The van der Waals surface area contributed by atoms with Crippen molar-refractivity contribution < 1.29 is 14.2 Å². The lowest BCUT2D eigenvalue weighted by Gasteiger charge is -2.31. The lowest BCUT2D eigenvalue weighted by molar-refractivity contribution is -0.0231. The Labute approximate surface area is 173 Å². The summed E-state index contributed by atoms with van der Waals surface area (Å²) in [6, 6.07) is 17.3. The van der Waals surface area contributed by atoms with Gasteiger partial charge in [0, 0.05) is 24.6 Å². The van der Waals surface area contributed by atoms with Crippen molar-refractivity contribution >= 4 is 12.4 Å². The number of hydrogen-bond donors (Lipinski definition) is 0. The molecule has 150 valence electrons. The van der Waals surface area contributed by atoms with E-state index in [4.69, 9.17) is 14.2 Å². The zero-order chi connectivity index (χ0) is 18.2. The summed E-state index contributed by atoms with van der Waals surface area (Å²) in [5, 5.41) is 0. The van der Waals surface area contributed by atoms with E-state index in [-0.39, 0.29) is 30.7 Å². The number of nitrogens with zero attached hydrogens (tertiary/aromatic N) is 1. The second-order valence-electron chi connectivity index (χ2n) is 7.90. The molecule has 3 aliphatic rings. The molecule has 0 aromatic heterocycles. The maximum absolute atomic E-state index is 6.01. The average Bonchev–Trinajstić information content (AvgIpc) is 3.32. The van der Waals surface area contributed by atoms with Crippen molar-refractivity contribution in [2.45, 2.75) is 43.4 Å². The van der Waals surface area contributed by atoms with Crippen LogP contribution in [-0.2, 0) is 15.9 Å². The number of aryl methyl sites for hydroxylation is 1. The van der Waals surface area contributed by atoms with Gasteiger partial charge in [0.1, 0.15) is 24.9 Å². The molecule has 1 aliphatic carbocycles. The number of hydrogen-bond acceptors (Lipinski definition) is 4. The van der Waals surface area contributed by atoms with Crippen LogP contribution in [0.1, 0.15) is 41.4 Å². The number of fused-ring (bicyclic) bond motifs is 2. The standard InChI is InChI=1S/C23H27NO3.ClH/c1-25-21-12-5-4-11-19(21)20-14-24(23-22(20)26-15-27-23)13-17-9-6-8-16-7-2-3-10-18(16)17;/h2-5,7,10-12,17,20,22-23H,6,8-9,13-15H2,1H3;1H. The van der Waals surface area contributed by atoms with Gasteiger partial charge in [-0.2, -0.15) is 0 Å². The number of halogens is 1. The second kappa shape index (κ2) is 8.42. The molecule has 2 saturated heterocycles. The molecule has 4 unspecified atom stereocenters. The minimum Gasteiger partial charge on any atom is -0.496 e. The van der Waals surface area contributed by atoms with E-state index in [0.29, 0.717) is 12.7 Å². The lowest BCUT2D eigenvalue weighted by Crippen LogP contribution is -2.37. The summed E-state index contributed by atoms with van der Waals surface area (Å²) in [6.07, 6.45) is 3.87. The highest BCUT2D eigenvalue weighted by Gasteiger charge is 2.48. The molecular weight excluding hydrogens is 374 g/mol. The van der Waals surface area contributed by atoms with Gasteiger partial charge in [-0.25, -0.2) is 0 Å². The molecule has 28 heavy (non-hydrogen) atoms. The van der Waals surface area contributed by atoms with Crippen molar-refractivity contribution in [3.63, 3.8) is 0 Å². The van der Waals surface area contributed by atoms with Gasteiger partial charge >= 0.3 is 0 Å². The van der Waals surface area contributed by atoms with Crippen LogP contribution in [-0.4, -0.2) is 44.2 Å². The fourth-order valence-corrected chi connectivity index (χ4v) is 5.21. The van der Waals surface area contributed by atoms with Crippen LogP contribution < -0.4 is 4.74 Å². The third kappa shape index (κ3) is 3.43. The first-order valence-electron chi connectivity index (χ1n) is 10.0. The van der Waals surface area contributed by atoms with Gasteiger partial charge in [0.2, 0.25) is 0 Å². The molecule has 2 aromatic rings. The maximum atomic E-state index is 6.01. The van der Waals surface area contributed by atoms with E-state index in [1.165, 1.54) is 36.0 Å². The summed E-state index contributed by atoms with van der Waals surface area (Å²) >= 11 is 0. The van der Waals surface area contributed by atoms with Crippen LogP contribution in [0.5, 0.6) is 5.75 Å². The predicted octanol–water partition coefficient (Wildman–Crippen LogP) is 4.34.